The molecule has 0 aliphatic heterocycles. The van der Waals surface area contributed by atoms with Crippen molar-refractivity contribution in [3.05, 3.63) is 63.6 Å². The minimum absolute atomic E-state index is 0.0158. The number of methoxy groups -OCH3 is 1. The standard InChI is InChI=1S/C22H26Cl2N2O3/c1-14(2)25-22(28)15(3)26(13-16-5-8-18(29-4)9-6-16)21(27)12-17-7-10-19(23)20(24)11-17/h5-11,14-15H,12-13H2,1-4H3,(H,25,28)/t15-/m0/s1. The van der Waals surface area contributed by atoms with Gasteiger partial charge in [0.2, 0.25) is 11.8 Å². The summed E-state index contributed by atoms with van der Waals surface area (Å²) in [5, 5.41) is 3.70. The number of nitrogens with one attached hydrogen (secondary N) is 1. The fourth-order valence-corrected chi connectivity index (χ4v) is 3.16. The van der Waals surface area contributed by atoms with E-state index in [1.54, 1.807) is 37.1 Å². The molecule has 0 fully saturated rings. The third-order valence-corrected chi connectivity index (χ3v) is 5.19. The molecule has 0 saturated carbocycles. The molecule has 0 bridgehead atoms. The second-order valence-corrected chi connectivity index (χ2v) is 7.95. The lowest BCUT2D eigenvalue weighted by Gasteiger charge is -2.29. The Balaban J connectivity index is 2.24. The third-order valence-electron chi connectivity index (χ3n) is 4.45. The highest BCUT2D eigenvalue weighted by molar-refractivity contribution is 6.42. The summed E-state index contributed by atoms with van der Waals surface area (Å²) in [6, 6.07) is 11.9. The maximum Gasteiger partial charge on any atom is 0.242 e. The van der Waals surface area contributed by atoms with Gasteiger partial charge in [-0.3, -0.25) is 9.59 Å². The lowest BCUT2D eigenvalue weighted by molar-refractivity contribution is -0.140. The zero-order valence-corrected chi connectivity index (χ0v) is 18.6. The number of carbonyl (C=O) groups excluding carboxylic acids is 2. The fourth-order valence-electron chi connectivity index (χ4n) is 2.84. The number of nitrogens with zero attached hydrogens (tertiary/aromatic N) is 1. The predicted octanol–water partition coefficient (Wildman–Crippen LogP) is 4.49. The number of halogens is 2. The highest BCUT2D eigenvalue weighted by atomic mass is 35.5. The van der Waals surface area contributed by atoms with E-state index in [1.165, 1.54) is 0 Å². The van der Waals surface area contributed by atoms with E-state index in [9.17, 15) is 9.59 Å². The van der Waals surface area contributed by atoms with E-state index in [-0.39, 0.29) is 24.3 Å². The summed E-state index contributed by atoms with van der Waals surface area (Å²) in [6.45, 7) is 5.80. The molecule has 2 aromatic rings. The molecule has 0 spiro atoms. The van der Waals surface area contributed by atoms with E-state index in [2.05, 4.69) is 5.32 Å². The average Bonchev–Trinajstić information content (AvgIpc) is 2.68. The Morgan fingerprint density at radius 2 is 1.62 bits per heavy atom. The van der Waals surface area contributed by atoms with Crippen LogP contribution < -0.4 is 10.1 Å². The normalized spacial score (nSPS) is 11.8. The smallest absolute Gasteiger partial charge is 0.242 e. The summed E-state index contributed by atoms with van der Waals surface area (Å²) >= 11 is 12.0. The molecule has 2 rings (SSSR count). The molecule has 0 saturated heterocycles. The van der Waals surface area contributed by atoms with Gasteiger partial charge in [0.05, 0.1) is 23.6 Å². The molecule has 0 radical (unpaired) electrons. The quantitative estimate of drug-likeness (QED) is 0.662. The number of carbonyl (C=O) groups is 2. The zero-order chi connectivity index (χ0) is 21.6. The second-order valence-electron chi connectivity index (χ2n) is 7.13. The van der Waals surface area contributed by atoms with Crippen molar-refractivity contribution in [2.75, 3.05) is 7.11 Å². The molecule has 7 heteroatoms. The fraction of sp³-hybridized carbons (Fsp3) is 0.364. The molecular weight excluding hydrogens is 411 g/mol. The van der Waals surface area contributed by atoms with Crippen molar-refractivity contribution in [3.8, 4) is 5.75 Å². The summed E-state index contributed by atoms with van der Waals surface area (Å²) in [4.78, 5) is 27.3. The summed E-state index contributed by atoms with van der Waals surface area (Å²) < 4.78 is 5.18. The number of ether oxygens (including phenoxy) is 1. The van der Waals surface area contributed by atoms with Crippen molar-refractivity contribution in [3.63, 3.8) is 0 Å². The summed E-state index contributed by atoms with van der Waals surface area (Å²) in [7, 11) is 1.60. The van der Waals surface area contributed by atoms with Gasteiger partial charge in [0, 0.05) is 12.6 Å². The van der Waals surface area contributed by atoms with Gasteiger partial charge in [0.1, 0.15) is 11.8 Å². The summed E-state index contributed by atoms with van der Waals surface area (Å²) in [5.74, 6) is 0.356. The Bertz CT molecular complexity index is 854. The Hall–Kier alpha value is -2.24. The number of hydrogen-bond acceptors (Lipinski definition) is 3. The number of rotatable bonds is 8. The molecule has 1 atom stereocenters. The van der Waals surface area contributed by atoms with Gasteiger partial charge in [-0.1, -0.05) is 41.4 Å². The van der Waals surface area contributed by atoms with Gasteiger partial charge in [0.15, 0.2) is 0 Å². The van der Waals surface area contributed by atoms with Crippen molar-refractivity contribution < 1.29 is 14.3 Å². The highest BCUT2D eigenvalue weighted by Crippen LogP contribution is 2.23. The predicted molar refractivity (Wildman–Crippen MR) is 116 cm³/mol. The van der Waals surface area contributed by atoms with E-state index in [1.807, 2.05) is 38.1 Å². The van der Waals surface area contributed by atoms with Crippen LogP contribution in [-0.2, 0) is 22.6 Å². The van der Waals surface area contributed by atoms with Crippen LogP contribution in [0, 0.1) is 0 Å². The van der Waals surface area contributed by atoms with Crippen LogP contribution in [-0.4, -0.2) is 35.9 Å². The minimum Gasteiger partial charge on any atom is -0.497 e. The largest absolute Gasteiger partial charge is 0.497 e. The second kappa shape index (κ2) is 10.5. The first kappa shape index (κ1) is 23.0. The van der Waals surface area contributed by atoms with Crippen molar-refractivity contribution in [2.24, 2.45) is 0 Å². The van der Waals surface area contributed by atoms with Gasteiger partial charge in [-0.25, -0.2) is 0 Å². The Morgan fingerprint density at radius 1 is 1.00 bits per heavy atom. The molecule has 2 amide bonds. The van der Waals surface area contributed by atoms with Crippen molar-refractivity contribution in [1.29, 1.82) is 0 Å². The van der Waals surface area contributed by atoms with Gasteiger partial charge in [-0.2, -0.15) is 0 Å². The van der Waals surface area contributed by atoms with E-state index in [0.717, 1.165) is 16.9 Å². The first-order valence-electron chi connectivity index (χ1n) is 9.38. The van der Waals surface area contributed by atoms with E-state index in [0.29, 0.717) is 16.6 Å². The van der Waals surface area contributed by atoms with Crippen molar-refractivity contribution in [1.82, 2.24) is 10.2 Å². The Morgan fingerprint density at radius 3 is 2.17 bits per heavy atom. The molecule has 0 heterocycles. The van der Waals surface area contributed by atoms with Crippen LogP contribution in [0.3, 0.4) is 0 Å². The first-order chi connectivity index (χ1) is 13.7. The van der Waals surface area contributed by atoms with E-state index < -0.39 is 6.04 Å². The van der Waals surface area contributed by atoms with Crippen LogP contribution in [0.5, 0.6) is 5.75 Å². The topological polar surface area (TPSA) is 58.6 Å². The van der Waals surface area contributed by atoms with Crippen LogP contribution in [0.2, 0.25) is 10.0 Å². The molecule has 1 N–H and O–H groups in total. The maximum atomic E-state index is 13.1. The number of amides is 2. The van der Waals surface area contributed by atoms with Gasteiger partial charge in [0.25, 0.3) is 0 Å². The third kappa shape index (κ3) is 6.65. The van der Waals surface area contributed by atoms with E-state index >= 15 is 0 Å². The molecule has 0 unspecified atom stereocenters. The molecular formula is C22H26Cl2N2O3. The molecule has 0 aliphatic carbocycles. The van der Waals surface area contributed by atoms with Crippen LogP contribution in [0.4, 0.5) is 0 Å². The van der Waals surface area contributed by atoms with Gasteiger partial charge in [-0.15, -0.1) is 0 Å². The van der Waals surface area contributed by atoms with Crippen molar-refractivity contribution >= 4 is 35.0 Å². The van der Waals surface area contributed by atoms with Crippen LogP contribution in [0.15, 0.2) is 42.5 Å². The van der Waals surface area contributed by atoms with Gasteiger partial charge in [-0.05, 0) is 56.2 Å². The summed E-state index contributed by atoms with van der Waals surface area (Å²) in [6.07, 6.45) is 0.117. The molecule has 29 heavy (non-hydrogen) atoms. The number of hydrogen-bond donors (Lipinski definition) is 1. The monoisotopic (exact) mass is 436 g/mol. The maximum absolute atomic E-state index is 13.1. The van der Waals surface area contributed by atoms with Crippen LogP contribution in [0.25, 0.3) is 0 Å². The molecule has 0 aliphatic rings. The lowest BCUT2D eigenvalue weighted by Crippen LogP contribution is -2.49. The van der Waals surface area contributed by atoms with Gasteiger partial charge >= 0.3 is 0 Å². The molecule has 5 nitrogen and oxygen atoms in total. The molecule has 0 aromatic heterocycles. The Labute approximate surface area is 181 Å². The molecule has 2 aromatic carbocycles. The zero-order valence-electron chi connectivity index (χ0n) is 17.0. The minimum atomic E-state index is -0.630. The molecule has 156 valence electrons. The van der Waals surface area contributed by atoms with Crippen LogP contribution >= 0.6 is 23.2 Å². The highest BCUT2D eigenvalue weighted by Gasteiger charge is 2.26. The summed E-state index contributed by atoms with van der Waals surface area (Å²) in [5.41, 5.74) is 1.64. The Kier molecular flexibility index (Phi) is 8.35. The van der Waals surface area contributed by atoms with Crippen LogP contribution in [0.1, 0.15) is 31.9 Å². The van der Waals surface area contributed by atoms with Crippen molar-refractivity contribution in [2.45, 2.75) is 45.8 Å². The average molecular weight is 437 g/mol. The SMILES string of the molecule is COc1ccc(CN(C(=O)Cc2ccc(Cl)c(Cl)c2)[C@@H](C)C(=O)NC(C)C)cc1. The van der Waals surface area contributed by atoms with E-state index in [4.69, 9.17) is 27.9 Å². The first-order valence-corrected chi connectivity index (χ1v) is 10.1. The van der Waals surface area contributed by atoms with Gasteiger partial charge < -0.3 is 15.0 Å². The lowest BCUT2D eigenvalue weighted by atomic mass is 10.1. The number of benzene rings is 2.